The van der Waals surface area contributed by atoms with Gasteiger partial charge in [-0.3, -0.25) is 4.79 Å². The van der Waals surface area contributed by atoms with E-state index < -0.39 is 0 Å². The molecule has 0 spiro atoms. The van der Waals surface area contributed by atoms with Gasteiger partial charge in [-0.15, -0.1) is 5.10 Å². The molecule has 2 aromatic carbocycles. The summed E-state index contributed by atoms with van der Waals surface area (Å²) in [5, 5.41) is 15.6. The third kappa shape index (κ3) is 3.75. The Labute approximate surface area is 160 Å². The Hall–Kier alpha value is -3.00. The van der Waals surface area contributed by atoms with E-state index in [-0.39, 0.29) is 5.91 Å². The number of hydrogen-bond donors (Lipinski definition) is 1. The van der Waals surface area contributed by atoms with Gasteiger partial charge in [0.2, 0.25) is 11.6 Å². The van der Waals surface area contributed by atoms with Gasteiger partial charge in [-0.25, -0.2) is 4.98 Å². The molecule has 1 amide bonds. The lowest BCUT2D eigenvalue weighted by molar-refractivity contribution is -0.116. The van der Waals surface area contributed by atoms with Crippen LogP contribution in [-0.4, -0.2) is 30.9 Å². The predicted octanol–water partition coefficient (Wildman–Crippen LogP) is 3.81. The maximum Gasteiger partial charge on any atom is 0.224 e. The number of rotatable bonds is 5. The zero-order valence-electron chi connectivity index (χ0n) is 15.0. The molecule has 0 atom stereocenters. The Morgan fingerprint density at radius 3 is 2.70 bits per heavy atom. The van der Waals surface area contributed by atoms with Crippen molar-refractivity contribution in [2.75, 3.05) is 5.32 Å². The van der Waals surface area contributed by atoms with Crippen LogP contribution < -0.4 is 5.32 Å². The molecular formula is C19H18N6OS. The van der Waals surface area contributed by atoms with Crippen LogP contribution in [0.3, 0.4) is 0 Å². The molecule has 1 N–H and O–H groups in total. The second-order valence-corrected chi connectivity index (χ2v) is 7.65. The number of amides is 1. The van der Waals surface area contributed by atoms with Crippen molar-refractivity contribution in [3.63, 3.8) is 0 Å². The number of carbonyl (C=O) groups is 1. The Bertz CT molecular complexity index is 1110. The van der Waals surface area contributed by atoms with Crippen LogP contribution in [0.2, 0.25) is 0 Å². The molecule has 0 fully saturated rings. The van der Waals surface area contributed by atoms with E-state index in [4.69, 9.17) is 4.98 Å². The number of aromatic nitrogens is 5. The summed E-state index contributed by atoms with van der Waals surface area (Å²) < 4.78 is 1.70. The standard InChI is InChI=1S/C19H18N6OS/c1-12(2)11-17(26)20-13-7-9-14(10-8-13)27-19-18-22-23-24-25(18)16-6-4-3-5-15(16)21-19/h3-10,12H,11H2,1-2H3,(H,20,26). The lowest BCUT2D eigenvalue weighted by Crippen LogP contribution is -2.13. The van der Waals surface area contributed by atoms with Crippen molar-refractivity contribution in [1.82, 2.24) is 25.0 Å². The number of para-hydroxylation sites is 2. The van der Waals surface area contributed by atoms with Gasteiger partial charge in [0.05, 0.1) is 11.0 Å². The topological polar surface area (TPSA) is 85.1 Å². The molecule has 0 saturated carbocycles. The monoisotopic (exact) mass is 378 g/mol. The van der Waals surface area contributed by atoms with Gasteiger partial charge in [0.1, 0.15) is 5.03 Å². The summed E-state index contributed by atoms with van der Waals surface area (Å²) in [6, 6.07) is 15.4. The van der Waals surface area contributed by atoms with E-state index in [1.165, 1.54) is 11.8 Å². The van der Waals surface area contributed by atoms with Gasteiger partial charge in [-0.1, -0.05) is 37.7 Å². The normalized spacial score (nSPS) is 11.4. The number of tetrazole rings is 1. The summed E-state index contributed by atoms with van der Waals surface area (Å²) >= 11 is 1.49. The number of nitrogens with one attached hydrogen (secondary N) is 1. The molecule has 0 aliphatic rings. The third-order valence-corrected chi connectivity index (χ3v) is 4.91. The summed E-state index contributed by atoms with van der Waals surface area (Å²) in [7, 11) is 0. The minimum absolute atomic E-state index is 0.0258. The Morgan fingerprint density at radius 2 is 1.93 bits per heavy atom. The van der Waals surface area contributed by atoms with Crippen molar-refractivity contribution in [2.24, 2.45) is 5.92 Å². The van der Waals surface area contributed by atoms with Crippen LogP contribution in [0.25, 0.3) is 16.7 Å². The van der Waals surface area contributed by atoms with Crippen molar-refractivity contribution in [2.45, 2.75) is 30.2 Å². The molecule has 4 rings (SSSR count). The van der Waals surface area contributed by atoms with Crippen LogP contribution in [-0.2, 0) is 4.79 Å². The zero-order chi connectivity index (χ0) is 18.8. The minimum Gasteiger partial charge on any atom is -0.326 e. The predicted molar refractivity (Wildman–Crippen MR) is 105 cm³/mol. The first-order valence-electron chi connectivity index (χ1n) is 8.65. The fraction of sp³-hybridized carbons (Fsp3) is 0.211. The molecule has 8 heteroatoms. The minimum atomic E-state index is 0.0258. The fourth-order valence-electron chi connectivity index (χ4n) is 2.75. The van der Waals surface area contributed by atoms with Crippen LogP contribution >= 0.6 is 11.8 Å². The molecule has 0 unspecified atom stereocenters. The van der Waals surface area contributed by atoms with E-state index in [0.29, 0.717) is 18.0 Å². The highest BCUT2D eigenvalue weighted by atomic mass is 32.2. The van der Waals surface area contributed by atoms with Crippen molar-refractivity contribution >= 4 is 40.0 Å². The van der Waals surface area contributed by atoms with Gasteiger partial charge in [0, 0.05) is 17.0 Å². The largest absolute Gasteiger partial charge is 0.326 e. The van der Waals surface area contributed by atoms with Crippen molar-refractivity contribution in [3.8, 4) is 0 Å². The number of nitrogens with zero attached hydrogens (tertiary/aromatic N) is 5. The number of hydrogen-bond acceptors (Lipinski definition) is 6. The molecule has 27 heavy (non-hydrogen) atoms. The smallest absolute Gasteiger partial charge is 0.224 e. The van der Waals surface area contributed by atoms with E-state index >= 15 is 0 Å². The SMILES string of the molecule is CC(C)CC(=O)Nc1ccc(Sc2nc3ccccc3n3nnnc23)cc1. The van der Waals surface area contributed by atoms with Gasteiger partial charge in [-0.05, 0) is 52.7 Å². The maximum absolute atomic E-state index is 11.9. The average Bonchev–Trinajstić information content (AvgIpc) is 3.13. The Balaban J connectivity index is 1.58. The molecule has 0 bridgehead atoms. The molecular weight excluding hydrogens is 360 g/mol. The van der Waals surface area contributed by atoms with E-state index in [1.807, 2.05) is 62.4 Å². The Kier molecular flexibility index (Phi) is 4.72. The van der Waals surface area contributed by atoms with Crippen LogP contribution in [0.5, 0.6) is 0 Å². The number of carbonyl (C=O) groups excluding carboxylic acids is 1. The molecule has 0 saturated heterocycles. The van der Waals surface area contributed by atoms with Crippen molar-refractivity contribution in [1.29, 1.82) is 0 Å². The van der Waals surface area contributed by atoms with Gasteiger partial charge in [0.15, 0.2) is 0 Å². The highest BCUT2D eigenvalue weighted by Crippen LogP contribution is 2.31. The molecule has 2 aromatic heterocycles. The fourth-order valence-corrected chi connectivity index (χ4v) is 3.61. The van der Waals surface area contributed by atoms with E-state index in [9.17, 15) is 4.79 Å². The first-order valence-corrected chi connectivity index (χ1v) is 9.46. The zero-order valence-corrected chi connectivity index (χ0v) is 15.8. The number of anilines is 1. The summed E-state index contributed by atoms with van der Waals surface area (Å²) in [4.78, 5) is 17.6. The van der Waals surface area contributed by atoms with Crippen LogP contribution in [0, 0.1) is 5.92 Å². The summed E-state index contributed by atoms with van der Waals surface area (Å²) in [5.74, 6) is 0.357. The second kappa shape index (κ2) is 7.32. The lowest BCUT2D eigenvalue weighted by Gasteiger charge is -2.08. The summed E-state index contributed by atoms with van der Waals surface area (Å²) in [6.07, 6.45) is 0.509. The van der Waals surface area contributed by atoms with Gasteiger partial charge >= 0.3 is 0 Å². The van der Waals surface area contributed by atoms with Gasteiger partial charge in [-0.2, -0.15) is 4.52 Å². The highest BCUT2D eigenvalue weighted by molar-refractivity contribution is 7.99. The third-order valence-electron chi connectivity index (χ3n) is 3.94. The van der Waals surface area contributed by atoms with Gasteiger partial charge < -0.3 is 5.32 Å². The lowest BCUT2D eigenvalue weighted by atomic mass is 10.1. The van der Waals surface area contributed by atoms with Crippen LogP contribution in [0.1, 0.15) is 20.3 Å². The van der Waals surface area contributed by atoms with E-state index in [0.717, 1.165) is 26.6 Å². The molecule has 0 aliphatic carbocycles. The highest BCUT2D eigenvalue weighted by Gasteiger charge is 2.13. The Morgan fingerprint density at radius 1 is 1.15 bits per heavy atom. The average molecular weight is 378 g/mol. The molecule has 7 nitrogen and oxygen atoms in total. The van der Waals surface area contributed by atoms with E-state index in [2.05, 4.69) is 20.8 Å². The number of benzene rings is 2. The molecule has 4 aromatic rings. The number of fused-ring (bicyclic) bond motifs is 3. The van der Waals surface area contributed by atoms with Crippen molar-refractivity contribution < 1.29 is 4.79 Å². The molecule has 0 radical (unpaired) electrons. The summed E-state index contributed by atoms with van der Waals surface area (Å²) in [5.41, 5.74) is 3.10. The summed E-state index contributed by atoms with van der Waals surface area (Å²) in [6.45, 7) is 4.05. The first kappa shape index (κ1) is 17.4. The molecule has 0 aliphatic heterocycles. The van der Waals surface area contributed by atoms with Crippen LogP contribution in [0.4, 0.5) is 5.69 Å². The molecule has 2 heterocycles. The first-order chi connectivity index (χ1) is 13.1. The van der Waals surface area contributed by atoms with E-state index in [1.54, 1.807) is 4.52 Å². The van der Waals surface area contributed by atoms with Crippen molar-refractivity contribution in [3.05, 3.63) is 48.5 Å². The molecule has 136 valence electrons. The quantitative estimate of drug-likeness (QED) is 0.568. The second-order valence-electron chi connectivity index (χ2n) is 6.59. The van der Waals surface area contributed by atoms with Crippen LogP contribution in [0.15, 0.2) is 58.5 Å². The van der Waals surface area contributed by atoms with Gasteiger partial charge in [0.25, 0.3) is 0 Å². The maximum atomic E-state index is 11.9.